The lowest BCUT2D eigenvalue weighted by molar-refractivity contribution is -0.122. The first-order valence-corrected chi connectivity index (χ1v) is 7.99. The van der Waals surface area contributed by atoms with E-state index in [9.17, 15) is 19.4 Å². The van der Waals surface area contributed by atoms with Crippen molar-refractivity contribution in [2.75, 3.05) is 6.61 Å². The molecule has 0 aliphatic carbocycles. The zero-order chi connectivity index (χ0) is 17.4. The zero-order valence-corrected chi connectivity index (χ0v) is 13.4. The summed E-state index contributed by atoms with van der Waals surface area (Å²) in [5, 5.41) is 22.2. The van der Waals surface area contributed by atoms with Crippen molar-refractivity contribution >= 4 is 5.91 Å². The van der Waals surface area contributed by atoms with E-state index in [-0.39, 0.29) is 24.8 Å². The van der Waals surface area contributed by atoms with Gasteiger partial charge in [-0.1, -0.05) is 42.5 Å². The summed E-state index contributed by atoms with van der Waals surface area (Å²) in [5.41, 5.74) is 1.48. The van der Waals surface area contributed by atoms with Crippen LogP contribution < -0.4 is 5.32 Å². The molecule has 0 saturated carbocycles. The molecule has 0 fully saturated rings. The molecule has 24 heavy (non-hydrogen) atoms. The number of carbonyl (C=O) groups excluding carboxylic acids is 1. The van der Waals surface area contributed by atoms with E-state index in [1.165, 1.54) is 24.3 Å². The number of carbonyl (C=O) groups is 1. The quantitative estimate of drug-likeness (QED) is 0.697. The van der Waals surface area contributed by atoms with Crippen LogP contribution in [0, 0.1) is 5.82 Å². The molecule has 0 heterocycles. The molecule has 0 spiro atoms. The van der Waals surface area contributed by atoms with Gasteiger partial charge in [0.15, 0.2) is 0 Å². The minimum absolute atomic E-state index is 0.173. The Morgan fingerprint density at radius 2 is 1.71 bits per heavy atom. The molecule has 0 aromatic heterocycles. The van der Waals surface area contributed by atoms with Crippen LogP contribution >= 0.6 is 0 Å². The first-order valence-electron chi connectivity index (χ1n) is 7.99. The average Bonchev–Trinajstić information content (AvgIpc) is 2.61. The number of benzene rings is 2. The molecule has 0 saturated heterocycles. The Morgan fingerprint density at radius 1 is 1.04 bits per heavy atom. The third kappa shape index (κ3) is 5.44. The monoisotopic (exact) mass is 331 g/mol. The smallest absolute Gasteiger partial charge is 0.220 e. The van der Waals surface area contributed by atoms with Gasteiger partial charge in [0.05, 0.1) is 18.8 Å². The predicted molar refractivity (Wildman–Crippen MR) is 89.6 cm³/mol. The van der Waals surface area contributed by atoms with Crippen LogP contribution in [0.1, 0.15) is 42.5 Å². The topological polar surface area (TPSA) is 69.6 Å². The fraction of sp³-hybridized carbons (Fsp3) is 0.316. The Morgan fingerprint density at radius 3 is 2.33 bits per heavy atom. The first kappa shape index (κ1) is 18.1. The van der Waals surface area contributed by atoms with Gasteiger partial charge in [-0.05, 0) is 36.1 Å². The molecule has 1 amide bonds. The van der Waals surface area contributed by atoms with Gasteiger partial charge >= 0.3 is 0 Å². The summed E-state index contributed by atoms with van der Waals surface area (Å²) in [4.78, 5) is 12.0. The summed E-state index contributed by atoms with van der Waals surface area (Å²) in [6.45, 7) is -0.173. The molecule has 3 N–H and O–H groups in total. The van der Waals surface area contributed by atoms with Gasteiger partial charge < -0.3 is 15.5 Å². The van der Waals surface area contributed by atoms with Crippen LogP contribution in [0.15, 0.2) is 54.6 Å². The number of rotatable bonds is 8. The van der Waals surface area contributed by atoms with E-state index in [4.69, 9.17) is 0 Å². The third-order valence-corrected chi connectivity index (χ3v) is 3.86. The lowest BCUT2D eigenvalue weighted by Gasteiger charge is -2.17. The Bertz CT molecular complexity index is 631. The molecule has 4 nitrogen and oxygen atoms in total. The highest BCUT2D eigenvalue weighted by molar-refractivity contribution is 5.76. The Labute approximate surface area is 141 Å². The fourth-order valence-electron chi connectivity index (χ4n) is 2.49. The molecular weight excluding hydrogens is 309 g/mol. The second-order valence-corrected chi connectivity index (χ2v) is 5.67. The van der Waals surface area contributed by atoms with Crippen molar-refractivity contribution in [3.8, 4) is 0 Å². The van der Waals surface area contributed by atoms with Gasteiger partial charge in [0.1, 0.15) is 5.82 Å². The Balaban J connectivity index is 1.77. The molecule has 5 heteroatoms. The van der Waals surface area contributed by atoms with Crippen molar-refractivity contribution in [1.29, 1.82) is 0 Å². The summed E-state index contributed by atoms with van der Waals surface area (Å²) < 4.78 is 12.8. The predicted octanol–water partition coefficient (Wildman–Crippen LogP) is 2.88. The van der Waals surface area contributed by atoms with Gasteiger partial charge in [-0.15, -0.1) is 0 Å². The van der Waals surface area contributed by atoms with Crippen LogP contribution in [0.2, 0.25) is 0 Å². The zero-order valence-electron chi connectivity index (χ0n) is 13.4. The van der Waals surface area contributed by atoms with Gasteiger partial charge in [-0.25, -0.2) is 4.39 Å². The molecular formula is C19H22FNO3. The third-order valence-electron chi connectivity index (χ3n) is 3.86. The minimum Gasteiger partial charge on any atom is -0.394 e. The average molecular weight is 331 g/mol. The highest BCUT2D eigenvalue weighted by atomic mass is 19.1. The number of nitrogens with one attached hydrogen (secondary N) is 1. The van der Waals surface area contributed by atoms with Gasteiger partial charge in [-0.3, -0.25) is 4.79 Å². The number of halogens is 1. The van der Waals surface area contributed by atoms with Crippen molar-refractivity contribution in [3.05, 3.63) is 71.5 Å². The number of hydrogen-bond acceptors (Lipinski definition) is 3. The maximum Gasteiger partial charge on any atom is 0.220 e. The van der Waals surface area contributed by atoms with Crippen molar-refractivity contribution in [2.24, 2.45) is 0 Å². The summed E-state index contributed by atoms with van der Waals surface area (Å²) in [6.07, 6.45) is 0.439. The van der Waals surface area contributed by atoms with Crippen molar-refractivity contribution in [1.82, 2.24) is 5.32 Å². The van der Waals surface area contributed by atoms with E-state index in [1.54, 1.807) is 0 Å². The fourth-order valence-corrected chi connectivity index (χ4v) is 2.49. The standard InChI is InChI=1S/C19H22FNO3/c20-16-11-9-15(10-12-16)18(23)7-4-8-19(24)21-17(13-22)14-5-2-1-3-6-14/h1-3,5-6,9-12,17-18,22-23H,4,7-8,13H2,(H,21,24)/t17-,18+/m1/s1. The molecule has 0 bridgehead atoms. The number of aliphatic hydroxyl groups is 2. The molecule has 2 rings (SSSR count). The maximum atomic E-state index is 12.8. The van der Waals surface area contributed by atoms with Crippen LogP contribution in [0.4, 0.5) is 4.39 Å². The molecule has 0 aliphatic rings. The van der Waals surface area contributed by atoms with Crippen LogP contribution in [-0.2, 0) is 4.79 Å². The molecule has 0 unspecified atom stereocenters. The van der Waals surface area contributed by atoms with E-state index in [0.717, 1.165) is 5.56 Å². The molecule has 2 atom stereocenters. The number of amides is 1. The van der Waals surface area contributed by atoms with Gasteiger partial charge in [0.25, 0.3) is 0 Å². The lowest BCUT2D eigenvalue weighted by atomic mass is 10.0. The number of hydrogen-bond donors (Lipinski definition) is 3. The maximum absolute atomic E-state index is 12.8. The summed E-state index contributed by atoms with van der Waals surface area (Å²) in [6, 6.07) is 14.5. The molecule has 2 aromatic carbocycles. The highest BCUT2D eigenvalue weighted by Gasteiger charge is 2.14. The second kappa shape index (κ2) is 9.15. The largest absolute Gasteiger partial charge is 0.394 e. The Hall–Kier alpha value is -2.24. The normalized spacial score (nSPS) is 13.3. The lowest BCUT2D eigenvalue weighted by Crippen LogP contribution is -2.30. The number of aliphatic hydroxyl groups excluding tert-OH is 2. The summed E-state index contributed by atoms with van der Waals surface area (Å²) in [7, 11) is 0. The molecule has 2 aromatic rings. The van der Waals surface area contributed by atoms with Crippen LogP contribution in [-0.4, -0.2) is 22.7 Å². The van der Waals surface area contributed by atoms with Gasteiger partial charge in [0, 0.05) is 6.42 Å². The van der Waals surface area contributed by atoms with E-state index in [2.05, 4.69) is 5.32 Å². The van der Waals surface area contributed by atoms with E-state index in [0.29, 0.717) is 18.4 Å². The van der Waals surface area contributed by atoms with E-state index in [1.807, 2.05) is 30.3 Å². The van der Waals surface area contributed by atoms with Crippen LogP contribution in [0.5, 0.6) is 0 Å². The van der Waals surface area contributed by atoms with Crippen LogP contribution in [0.25, 0.3) is 0 Å². The molecule has 128 valence electrons. The minimum atomic E-state index is -0.721. The SMILES string of the molecule is O=C(CCC[C@H](O)c1ccc(F)cc1)N[C@H](CO)c1ccccc1. The molecule has 0 aliphatic heterocycles. The van der Waals surface area contributed by atoms with Crippen molar-refractivity contribution in [3.63, 3.8) is 0 Å². The first-order chi connectivity index (χ1) is 11.6. The summed E-state index contributed by atoms with van der Waals surface area (Å²) >= 11 is 0. The highest BCUT2D eigenvalue weighted by Crippen LogP contribution is 2.19. The van der Waals surface area contributed by atoms with Gasteiger partial charge in [-0.2, -0.15) is 0 Å². The van der Waals surface area contributed by atoms with Crippen molar-refractivity contribution in [2.45, 2.75) is 31.4 Å². The van der Waals surface area contributed by atoms with Gasteiger partial charge in [0.2, 0.25) is 5.91 Å². The van der Waals surface area contributed by atoms with Crippen molar-refractivity contribution < 1.29 is 19.4 Å². The van der Waals surface area contributed by atoms with Crippen LogP contribution in [0.3, 0.4) is 0 Å². The molecule has 0 radical (unpaired) electrons. The second-order valence-electron chi connectivity index (χ2n) is 5.67. The van der Waals surface area contributed by atoms with E-state index < -0.39 is 12.1 Å². The summed E-state index contributed by atoms with van der Waals surface area (Å²) in [5.74, 6) is -0.523. The Kier molecular flexibility index (Phi) is 6.90. The van der Waals surface area contributed by atoms with E-state index >= 15 is 0 Å².